The highest BCUT2D eigenvalue weighted by Gasteiger charge is 2.52. The molecule has 0 aromatic heterocycles. The number of guanidine groups is 1. The van der Waals surface area contributed by atoms with Crippen LogP contribution in [0.3, 0.4) is 0 Å². The molecule has 3 fully saturated rings. The summed E-state index contributed by atoms with van der Waals surface area (Å²) >= 11 is 0. The number of carbonyl (C=O) groups excluding carboxylic acids is 1. The Hall–Kier alpha value is -2.91. The van der Waals surface area contributed by atoms with Gasteiger partial charge in [0.25, 0.3) is 5.91 Å². The van der Waals surface area contributed by atoms with Gasteiger partial charge in [-0.25, -0.2) is 18.2 Å². The monoisotopic (exact) mass is 582 g/mol. The summed E-state index contributed by atoms with van der Waals surface area (Å²) < 4.78 is 47.1. The zero-order valence-electron chi connectivity index (χ0n) is 24.2. The summed E-state index contributed by atoms with van der Waals surface area (Å²) in [4.78, 5) is 26.0. The first-order chi connectivity index (χ1) is 20.4. The summed E-state index contributed by atoms with van der Waals surface area (Å²) in [6, 6.07) is 11.8. The van der Waals surface area contributed by atoms with Crippen LogP contribution in [0.1, 0.15) is 56.1 Å². The summed E-state index contributed by atoms with van der Waals surface area (Å²) in [7, 11) is 0. The molecule has 226 valence electrons. The second-order valence-electron chi connectivity index (χ2n) is 12.2. The minimum Gasteiger partial charge on any atom is -0.378 e. The zero-order valence-corrected chi connectivity index (χ0v) is 24.2. The molecule has 0 bridgehead atoms. The van der Waals surface area contributed by atoms with Gasteiger partial charge in [0.15, 0.2) is 5.54 Å². The van der Waals surface area contributed by atoms with E-state index in [1.54, 1.807) is 29.2 Å². The van der Waals surface area contributed by atoms with Crippen molar-refractivity contribution < 1.29 is 22.7 Å². The van der Waals surface area contributed by atoms with Crippen LogP contribution in [0.2, 0.25) is 0 Å². The van der Waals surface area contributed by atoms with Crippen LogP contribution in [0.15, 0.2) is 53.5 Å². The molecular weight excluding hydrogens is 541 g/mol. The smallest absolute Gasteiger partial charge is 0.266 e. The first-order valence-corrected chi connectivity index (χ1v) is 15.6. The number of hydrogen-bond donors (Lipinski definition) is 0. The predicted molar refractivity (Wildman–Crippen MR) is 156 cm³/mol. The number of nitrogens with zero attached hydrogens (tertiary/aromatic N) is 4. The minimum atomic E-state index is -1.42. The fourth-order valence-corrected chi connectivity index (χ4v) is 7.33. The first-order valence-electron chi connectivity index (χ1n) is 15.6. The maximum atomic E-state index is 14.5. The maximum Gasteiger partial charge on any atom is 0.266 e. The lowest BCUT2D eigenvalue weighted by molar-refractivity contribution is -0.130. The number of hydrogen-bond acceptors (Lipinski definition) is 5. The Kier molecular flexibility index (Phi) is 8.86. The summed E-state index contributed by atoms with van der Waals surface area (Å²) in [5, 5.41) is 0. The van der Waals surface area contributed by atoms with Crippen LogP contribution in [0.25, 0.3) is 0 Å². The molecule has 42 heavy (non-hydrogen) atoms. The van der Waals surface area contributed by atoms with Crippen molar-refractivity contribution in [3.05, 3.63) is 71.3 Å². The zero-order chi connectivity index (χ0) is 29.1. The summed E-state index contributed by atoms with van der Waals surface area (Å²) in [6.45, 7) is 5.77. The van der Waals surface area contributed by atoms with Crippen LogP contribution in [0.4, 0.5) is 13.2 Å². The van der Waals surface area contributed by atoms with Crippen LogP contribution >= 0.6 is 0 Å². The van der Waals surface area contributed by atoms with Crippen LogP contribution < -0.4 is 0 Å². The van der Waals surface area contributed by atoms with Crippen LogP contribution in [-0.2, 0) is 15.1 Å². The summed E-state index contributed by atoms with van der Waals surface area (Å²) in [6.07, 6.45) is 5.98. The van der Waals surface area contributed by atoms with Gasteiger partial charge in [-0.2, -0.15) is 0 Å². The maximum absolute atomic E-state index is 14.5. The average molecular weight is 583 g/mol. The summed E-state index contributed by atoms with van der Waals surface area (Å²) in [5.74, 6) is 0.960. The molecule has 1 saturated carbocycles. The van der Waals surface area contributed by atoms with Gasteiger partial charge in [-0.3, -0.25) is 9.69 Å². The van der Waals surface area contributed by atoms with Crippen molar-refractivity contribution >= 4 is 11.9 Å². The topological polar surface area (TPSA) is 48.4 Å². The molecule has 2 aromatic rings. The lowest BCUT2D eigenvalue weighted by Gasteiger charge is -2.38. The van der Waals surface area contributed by atoms with Crippen molar-refractivity contribution in [1.82, 2.24) is 14.7 Å². The second-order valence-corrected chi connectivity index (χ2v) is 12.2. The largest absolute Gasteiger partial charge is 0.378 e. The molecule has 0 unspecified atom stereocenters. The molecule has 6 nitrogen and oxygen atoms in total. The molecule has 0 spiro atoms. The number of halogens is 3. The van der Waals surface area contributed by atoms with Crippen LogP contribution in [0.5, 0.6) is 0 Å². The molecule has 1 aliphatic carbocycles. The van der Waals surface area contributed by atoms with Crippen molar-refractivity contribution in [2.75, 3.05) is 52.5 Å². The normalized spacial score (nSPS) is 25.6. The Balaban J connectivity index is 1.19. The highest BCUT2D eigenvalue weighted by Crippen LogP contribution is 2.41. The molecule has 4 aliphatic rings. The number of rotatable bonds is 7. The molecule has 9 heteroatoms. The molecule has 0 atom stereocenters. The number of morpholine rings is 1. The molecule has 0 radical (unpaired) electrons. The third kappa shape index (κ3) is 5.95. The van der Waals surface area contributed by atoms with E-state index in [2.05, 4.69) is 9.80 Å². The lowest BCUT2D eigenvalue weighted by Crippen LogP contribution is -2.50. The van der Waals surface area contributed by atoms with E-state index in [0.29, 0.717) is 61.8 Å². The number of ether oxygens (including phenoxy) is 1. The van der Waals surface area contributed by atoms with Gasteiger partial charge in [-0.1, -0.05) is 24.3 Å². The van der Waals surface area contributed by atoms with Gasteiger partial charge < -0.3 is 14.5 Å². The highest BCUT2D eigenvalue weighted by atomic mass is 19.1. The fourth-order valence-electron chi connectivity index (χ4n) is 7.33. The third-order valence-electron chi connectivity index (χ3n) is 9.74. The quantitative estimate of drug-likeness (QED) is 0.441. The van der Waals surface area contributed by atoms with Crippen LogP contribution in [-0.4, -0.2) is 85.2 Å². The Bertz CT molecular complexity index is 1190. The molecule has 1 amide bonds. The van der Waals surface area contributed by atoms with Crippen molar-refractivity contribution in [3.63, 3.8) is 0 Å². The molecule has 2 saturated heterocycles. The van der Waals surface area contributed by atoms with E-state index in [9.17, 15) is 18.0 Å². The van der Waals surface area contributed by atoms with E-state index >= 15 is 0 Å². The Morgan fingerprint density at radius 2 is 1.31 bits per heavy atom. The Morgan fingerprint density at radius 3 is 1.88 bits per heavy atom. The molecule has 3 aliphatic heterocycles. The average Bonchev–Trinajstić information content (AvgIpc) is 3.32. The molecule has 6 rings (SSSR count). The van der Waals surface area contributed by atoms with E-state index in [0.717, 1.165) is 64.6 Å². The molecule has 2 aromatic carbocycles. The Labute approximate surface area is 246 Å². The number of piperidine rings is 1. The number of amides is 1. The van der Waals surface area contributed by atoms with Gasteiger partial charge >= 0.3 is 0 Å². The predicted octanol–water partition coefficient (Wildman–Crippen LogP) is 5.37. The van der Waals surface area contributed by atoms with Gasteiger partial charge in [0.2, 0.25) is 5.96 Å². The minimum absolute atomic E-state index is 0.204. The van der Waals surface area contributed by atoms with Crippen molar-refractivity contribution in [3.8, 4) is 0 Å². The first kappa shape index (κ1) is 29.2. The van der Waals surface area contributed by atoms with Gasteiger partial charge in [0.1, 0.15) is 17.8 Å². The van der Waals surface area contributed by atoms with Gasteiger partial charge in [-0.05, 0) is 112 Å². The van der Waals surface area contributed by atoms with Crippen molar-refractivity contribution in [2.24, 2.45) is 16.8 Å². The number of alkyl halides is 1. The number of benzene rings is 2. The van der Waals surface area contributed by atoms with E-state index in [1.165, 1.54) is 24.3 Å². The van der Waals surface area contributed by atoms with E-state index in [-0.39, 0.29) is 5.91 Å². The molecule has 0 N–H and O–H groups in total. The second kappa shape index (κ2) is 12.8. The van der Waals surface area contributed by atoms with Gasteiger partial charge in [0.05, 0.1) is 13.2 Å². The summed E-state index contributed by atoms with van der Waals surface area (Å²) in [5.41, 5.74) is -0.318. The number of aliphatic imine (C=N–C) groups is 1. The van der Waals surface area contributed by atoms with Gasteiger partial charge in [0, 0.05) is 19.6 Å². The van der Waals surface area contributed by atoms with E-state index in [4.69, 9.17) is 9.73 Å². The van der Waals surface area contributed by atoms with Crippen molar-refractivity contribution in [1.29, 1.82) is 0 Å². The third-order valence-corrected chi connectivity index (χ3v) is 9.74. The molecule has 3 heterocycles. The SMILES string of the molecule is O=C1N(CCCN2CCC(C3CCC(F)CC3)CC2)C(N2CCOCC2)=NC1(c1ccc(F)cc1)c1ccc(F)cc1. The molecular formula is C33H41F3N4O2. The van der Waals surface area contributed by atoms with Gasteiger partial charge in [-0.15, -0.1) is 0 Å². The van der Waals surface area contributed by atoms with Crippen LogP contribution in [0, 0.1) is 23.5 Å². The van der Waals surface area contributed by atoms with Crippen molar-refractivity contribution in [2.45, 2.75) is 56.7 Å². The standard InChI is InChI=1S/C33H41F3N4O2/c34-28-8-2-24(3-9-28)25-14-18-38(19-15-25)16-1-17-40-31(41)33(26-4-10-29(35)11-5-26,27-6-12-30(36)13-7-27)37-32(40)39-20-22-42-23-21-39/h4-7,10-13,24-25,28H,1-3,8-9,14-23H2. The number of carbonyl (C=O) groups is 1. The number of likely N-dealkylation sites (tertiary alicyclic amines) is 1. The highest BCUT2D eigenvalue weighted by molar-refractivity contribution is 6.09. The fraction of sp³-hybridized carbons (Fsp3) is 0.576. The van der Waals surface area contributed by atoms with E-state index in [1.807, 2.05) is 0 Å². The lowest BCUT2D eigenvalue weighted by atomic mass is 9.75. The van der Waals surface area contributed by atoms with E-state index < -0.39 is 23.3 Å². The Morgan fingerprint density at radius 1 is 0.762 bits per heavy atom.